The Balaban J connectivity index is 1.45. The minimum absolute atomic E-state index is 0.0635. The molecular formula is C25H15N3O4. The normalized spacial score (nSPS) is 15.4. The number of aliphatic imine (C=N–C) groups is 2. The van der Waals surface area contributed by atoms with E-state index in [9.17, 15) is 19.8 Å². The van der Waals surface area contributed by atoms with Crippen LogP contribution >= 0.6 is 0 Å². The summed E-state index contributed by atoms with van der Waals surface area (Å²) >= 11 is 0. The predicted molar refractivity (Wildman–Crippen MR) is 121 cm³/mol. The minimum atomic E-state index is -0.327. The largest absolute Gasteiger partial charge is 0.506 e. The van der Waals surface area contributed by atoms with Crippen molar-refractivity contribution in [3.05, 3.63) is 100 Å². The quantitative estimate of drug-likeness (QED) is 0.587. The van der Waals surface area contributed by atoms with E-state index in [1.165, 1.54) is 18.6 Å². The summed E-state index contributed by atoms with van der Waals surface area (Å²) in [6.07, 6.45) is 4.05. The van der Waals surface area contributed by atoms with Crippen molar-refractivity contribution in [1.82, 2.24) is 4.98 Å². The first-order valence-electron chi connectivity index (χ1n) is 9.74. The molecule has 7 nitrogen and oxygen atoms in total. The minimum Gasteiger partial charge on any atom is -0.506 e. The number of aromatic nitrogens is 1. The lowest BCUT2D eigenvalue weighted by atomic mass is 10.1. The van der Waals surface area contributed by atoms with Crippen LogP contribution in [0.2, 0.25) is 0 Å². The lowest BCUT2D eigenvalue weighted by Gasteiger charge is -2.00. The second-order valence-corrected chi connectivity index (χ2v) is 7.14. The Kier molecular flexibility index (Phi) is 4.56. The van der Waals surface area contributed by atoms with Crippen molar-refractivity contribution in [3.63, 3.8) is 0 Å². The smallest absolute Gasteiger partial charge is 0.199 e. The fraction of sp³-hybridized carbons (Fsp3) is 0. The second-order valence-electron chi connectivity index (χ2n) is 7.14. The van der Waals surface area contributed by atoms with Crippen molar-refractivity contribution in [2.45, 2.75) is 0 Å². The standard InChI is InChI=1S/C25H15N3O4/c29-21-14-6-1-2-7-15(14)22(30)18(21)12-27-20-10-5-11-26-25(20)28-13-19-23(31)16-8-3-4-9-17(16)24(19)32/h1-13,29,31H/b27-12?,28-13+. The van der Waals surface area contributed by atoms with Gasteiger partial charge in [0.1, 0.15) is 17.2 Å². The van der Waals surface area contributed by atoms with Crippen molar-refractivity contribution in [1.29, 1.82) is 0 Å². The van der Waals surface area contributed by atoms with E-state index in [1.54, 1.807) is 60.7 Å². The molecule has 1 heterocycles. The van der Waals surface area contributed by atoms with Crippen LogP contribution in [0.1, 0.15) is 31.8 Å². The van der Waals surface area contributed by atoms with Crippen LogP contribution in [-0.4, -0.2) is 39.2 Å². The van der Waals surface area contributed by atoms with Crippen LogP contribution in [0.3, 0.4) is 0 Å². The molecule has 0 aliphatic heterocycles. The highest BCUT2D eigenvalue weighted by atomic mass is 16.3. The van der Waals surface area contributed by atoms with E-state index in [4.69, 9.17) is 0 Å². The molecule has 0 spiro atoms. The fourth-order valence-electron chi connectivity index (χ4n) is 3.66. The van der Waals surface area contributed by atoms with Gasteiger partial charge in [0.05, 0.1) is 11.1 Å². The van der Waals surface area contributed by atoms with Gasteiger partial charge in [-0.2, -0.15) is 0 Å². The molecule has 0 fully saturated rings. The highest BCUT2D eigenvalue weighted by Gasteiger charge is 2.29. The summed E-state index contributed by atoms with van der Waals surface area (Å²) in [6, 6.07) is 16.8. The van der Waals surface area contributed by atoms with Crippen molar-refractivity contribution in [2.75, 3.05) is 0 Å². The van der Waals surface area contributed by atoms with Gasteiger partial charge in [0.15, 0.2) is 17.4 Å². The van der Waals surface area contributed by atoms with Gasteiger partial charge in [-0.25, -0.2) is 9.98 Å². The van der Waals surface area contributed by atoms with Crippen LogP contribution in [0, 0.1) is 0 Å². The number of ketones is 2. The molecule has 7 heteroatoms. The molecule has 2 aromatic carbocycles. The fourth-order valence-corrected chi connectivity index (χ4v) is 3.66. The van der Waals surface area contributed by atoms with Gasteiger partial charge in [0.25, 0.3) is 0 Å². The van der Waals surface area contributed by atoms with Crippen LogP contribution in [0.5, 0.6) is 0 Å². The first-order chi connectivity index (χ1) is 15.6. The third-order valence-corrected chi connectivity index (χ3v) is 5.27. The zero-order valence-corrected chi connectivity index (χ0v) is 16.6. The number of hydrogen-bond donors (Lipinski definition) is 2. The van der Waals surface area contributed by atoms with Crippen LogP contribution < -0.4 is 0 Å². The molecular weight excluding hydrogens is 406 g/mol. The molecule has 0 radical (unpaired) electrons. The monoisotopic (exact) mass is 421 g/mol. The van der Waals surface area contributed by atoms with Gasteiger partial charge in [-0.1, -0.05) is 48.5 Å². The van der Waals surface area contributed by atoms with E-state index in [-0.39, 0.29) is 40.0 Å². The second kappa shape index (κ2) is 7.55. The Morgan fingerprint density at radius 3 is 1.69 bits per heavy atom. The van der Waals surface area contributed by atoms with Gasteiger partial charge in [-0.05, 0) is 12.1 Å². The zero-order chi connectivity index (χ0) is 22.2. The van der Waals surface area contributed by atoms with Crippen molar-refractivity contribution in [3.8, 4) is 0 Å². The van der Waals surface area contributed by atoms with Crippen molar-refractivity contribution >= 4 is 47.0 Å². The molecule has 154 valence electrons. The summed E-state index contributed by atoms with van der Waals surface area (Å²) in [5.74, 6) is -0.726. The van der Waals surface area contributed by atoms with Crippen LogP contribution in [0.15, 0.2) is 88.0 Å². The number of aliphatic hydroxyl groups excluding tert-OH is 2. The topological polar surface area (TPSA) is 112 Å². The van der Waals surface area contributed by atoms with E-state index in [1.807, 2.05) is 0 Å². The van der Waals surface area contributed by atoms with Crippen molar-refractivity contribution < 1.29 is 19.8 Å². The Labute approximate surface area is 182 Å². The lowest BCUT2D eigenvalue weighted by molar-refractivity contribution is 0.103. The molecule has 0 amide bonds. The maximum absolute atomic E-state index is 12.6. The highest BCUT2D eigenvalue weighted by Crippen LogP contribution is 2.33. The number of carbonyl (C=O) groups is 2. The molecule has 0 saturated heterocycles. The summed E-state index contributed by atoms with van der Waals surface area (Å²) in [4.78, 5) is 37.8. The first-order valence-corrected chi connectivity index (χ1v) is 9.74. The third-order valence-electron chi connectivity index (χ3n) is 5.27. The summed E-state index contributed by atoms with van der Waals surface area (Å²) in [5, 5.41) is 20.8. The Hall–Kier alpha value is -4.65. The van der Waals surface area contributed by atoms with Gasteiger partial charge in [0.2, 0.25) is 0 Å². The number of pyridine rings is 1. The number of rotatable bonds is 4. The summed E-state index contributed by atoms with van der Waals surface area (Å²) in [7, 11) is 0. The number of hydrogen-bond acceptors (Lipinski definition) is 7. The lowest BCUT2D eigenvalue weighted by Crippen LogP contribution is -2.00. The number of allylic oxidation sites excluding steroid dienone is 2. The number of benzene rings is 2. The molecule has 0 bridgehead atoms. The van der Waals surface area contributed by atoms with E-state index in [2.05, 4.69) is 15.0 Å². The first kappa shape index (κ1) is 19.3. The van der Waals surface area contributed by atoms with Gasteiger partial charge < -0.3 is 10.2 Å². The maximum atomic E-state index is 12.6. The predicted octanol–water partition coefficient (Wildman–Crippen LogP) is 4.82. The molecule has 3 aromatic rings. The van der Waals surface area contributed by atoms with Gasteiger partial charge >= 0.3 is 0 Å². The summed E-state index contributed by atoms with van der Waals surface area (Å²) < 4.78 is 0. The molecule has 32 heavy (non-hydrogen) atoms. The average molecular weight is 421 g/mol. The molecule has 1 aromatic heterocycles. The van der Waals surface area contributed by atoms with Crippen LogP contribution in [0.25, 0.3) is 11.5 Å². The van der Waals surface area contributed by atoms with Crippen LogP contribution in [-0.2, 0) is 0 Å². The molecule has 0 saturated carbocycles. The van der Waals surface area contributed by atoms with E-state index in [0.29, 0.717) is 27.9 Å². The molecule has 2 N–H and O–H groups in total. The maximum Gasteiger partial charge on any atom is 0.199 e. The molecule has 2 aliphatic rings. The van der Waals surface area contributed by atoms with Crippen molar-refractivity contribution in [2.24, 2.45) is 9.98 Å². The SMILES string of the molecule is O=C1C(C=Nc2cccnc2/N=C/C2=C(O)c3ccccc3C2=O)=C(O)c2ccccc21. The molecule has 2 aliphatic carbocycles. The van der Waals surface area contributed by atoms with Gasteiger partial charge in [0, 0.05) is 40.9 Å². The zero-order valence-electron chi connectivity index (χ0n) is 16.6. The van der Waals surface area contributed by atoms with Gasteiger partial charge in [-0.15, -0.1) is 0 Å². The number of nitrogens with zero attached hydrogens (tertiary/aromatic N) is 3. The third kappa shape index (κ3) is 3.04. The van der Waals surface area contributed by atoms with Gasteiger partial charge in [-0.3, -0.25) is 14.6 Å². The van der Waals surface area contributed by atoms with E-state index < -0.39 is 0 Å². The number of aliphatic hydroxyl groups is 2. The van der Waals surface area contributed by atoms with Crippen LogP contribution in [0.4, 0.5) is 11.5 Å². The molecule has 0 atom stereocenters. The summed E-state index contributed by atoms with van der Waals surface area (Å²) in [6.45, 7) is 0. The number of fused-ring (bicyclic) bond motifs is 2. The average Bonchev–Trinajstić information content (AvgIpc) is 3.22. The van der Waals surface area contributed by atoms with E-state index in [0.717, 1.165) is 0 Å². The highest BCUT2D eigenvalue weighted by molar-refractivity contribution is 6.31. The molecule has 5 rings (SSSR count). The Bertz CT molecular complexity index is 1320. The Morgan fingerprint density at radius 2 is 1.16 bits per heavy atom. The number of Topliss-reactive ketones (excluding diaryl/α,β-unsaturated/α-hetero) is 2. The Morgan fingerprint density at radius 1 is 0.656 bits per heavy atom. The number of carbonyl (C=O) groups excluding carboxylic acids is 2. The summed E-state index contributed by atoms with van der Waals surface area (Å²) in [5.41, 5.74) is 2.21. The van der Waals surface area contributed by atoms with E-state index >= 15 is 0 Å². The molecule has 0 unspecified atom stereocenters.